The van der Waals surface area contributed by atoms with Crippen molar-refractivity contribution in [3.8, 4) is 0 Å². The van der Waals surface area contributed by atoms with Crippen LogP contribution < -0.4 is 16.6 Å². The average Bonchev–Trinajstić information content (AvgIpc) is 2.95. The number of amides is 2. The van der Waals surface area contributed by atoms with Crippen molar-refractivity contribution in [1.29, 1.82) is 0 Å². The number of carbonyl (C=O) groups excluding carboxylic acids is 1. The van der Waals surface area contributed by atoms with Gasteiger partial charge in [-0.05, 0) is 30.7 Å². The van der Waals surface area contributed by atoms with Gasteiger partial charge in [-0.1, -0.05) is 12.1 Å². The number of nitrogens with one attached hydrogen (secondary N) is 2. The fourth-order valence-corrected chi connectivity index (χ4v) is 2.51. The number of halogens is 3. The minimum atomic E-state index is -4.40. The van der Waals surface area contributed by atoms with Crippen molar-refractivity contribution in [3.63, 3.8) is 0 Å². The maximum atomic E-state index is 12.6. The molecule has 0 unspecified atom stereocenters. The van der Waals surface area contributed by atoms with Crippen LogP contribution in [0.15, 0.2) is 24.4 Å². The highest BCUT2D eigenvalue weighted by atomic mass is 32.1. The van der Waals surface area contributed by atoms with Crippen LogP contribution in [-0.4, -0.2) is 11.0 Å². The van der Waals surface area contributed by atoms with Gasteiger partial charge in [-0.2, -0.15) is 13.2 Å². The number of benzene rings is 1. The molecule has 2 rings (SSSR count). The van der Waals surface area contributed by atoms with Crippen LogP contribution >= 0.6 is 11.3 Å². The molecule has 23 heavy (non-hydrogen) atoms. The van der Waals surface area contributed by atoms with Gasteiger partial charge in [-0.15, -0.1) is 11.3 Å². The number of hydrogen-bond donors (Lipinski definition) is 3. The molecule has 0 saturated carbocycles. The molecular formula is C14H13F3N4OS. The molecule has 0 fully saturated rings. The van der Waals surface area contributed by atoms with Gasteiger partial charge in [0.2, 0.25) is 0 Å². The Morgan fingerprint density at radius 3 is 2.70 bits per heavy atom. The van der Waals surface area contributed by atoms with E-state index in [1.54, 1.807) is 18.2 Å². The van der Waals surface area contributed by atoms with E-state index in [4.69, 9.17) is 5.84 Å². The highest BCUT2D eigenvalue weighted by Crippen LogP contribution is 2.34. The minimum Gasteiger partial charge on any atom is -0.306 e. The van der Waals surface area contributed by atoms with E-state index in [0.29, 0.717) is 22.6 Å². The van der Waals surface area contributed by atoms with E-state index in [9.17, 15) is 18.0 Å². The van der Waals surface area contributed by atoms with E-state index in [0.717, 1.165) is 11.8 Å². The fourth-order valence-electron chi connectivity index (χ4n) is 1.82. The normalized spacial score (nSPS) is 11.7. The molecule has 1 heterocycles. The van der Waals surface area contributed by atoms with Crippen molar-refractivity contribution in [2.75, 3.05) is 5.32 Å². The molecule has 0 radical (unpaired) electrons. The highest BCUT2D eigenvalue weighted by Gasteiger charge is 2.32. The van der Waals surface area contributed by atoms with Gasteiger partial charge in [-0.3, -0.25) is 5.43 Å². The summed E-state index contributed by atoms with van der Waals surface area (Å²) >= 11 is 0.547. The van der Waals surface area contributed by atoms with Crippen LogP contribution in [0.1, 0.15) is 21.0 Å². The second-order valence-corrected chi connectivity index (χ2v) is 5.59. The number of urea groups is 1. The third-order valence-electron chi connectivity index (χ3n) is 2.90. The second-order valence-electron chi connectivity index (χ2n) is 4.53. The molecule has 5 nitrogen and oxygen atoms in total. The van der Waals surface area contributed by atoms with Crippen LogP contribution in [0.5, 0.6) is 0 Å². The number of carbonyl (C=O) groups is 1. The minimum absolute atomic E-state index is 0.217. The molecule has 9 heteroatoms. The zero-order chi connectivity index (χ0) is 17.0. The molecule has 2 aromatic rings. The number of rotatable bonds is 3. The van der Waals surface area contributed by atoms with Crippen LogP contribution in [0.2, 0.25) is 0 Å². The highest BCUT2D eigenvalue weighted by molar-refractivity contribution is 7.12. The molecule has 122 valence electrons. The zero-order valence-corrected chi connectivity index (χ0v) is 12.8. The molecule has 0 aliphatic heterocycles. The summed E-state index contributed by atoms with van der Waals surface area (Å²) in [7, 11) is 0. The number of hydrazine groups is 1. The Bertz CT molecular complexity index is 740. The van der Waals surface area contributed by atoms with E-state index in [2.05, 4.69) is 10.3 Å². The molecule has 0 atom stereocenters. The van der Waals surface area contributed by atoms with Crippen LogP contribution in [-0.2, 0) is 6.18 Å². The van der Waals surface area contributed by atoms with Crippen molar-refractivity contribution in [1.82, 2.24) is 10.4 Å². The van der Waals surface area contributed by atoms with Gasteiger partial charge in [0.1, 0.15) is 9.88 Å². The Labute approximate surface area is 134 Å². The largest absolute Gasteiger partial charge is 0.427 e. The summed E-state index contributed by atoms with van der Waals surface area (Å²) in [6.45, 7) is 1.81. The molecule has 2 amide bonds. The summed E-state index contributed by atoms with van der Waals surface area (Å²) < 4.78 is 37.7. The number of nitrogens with two attached hydrogens (primary N) is 1. The third-order valence-corrected chi connectivity index (χ3v) is 3.91. The van der Waals surface area contributed by atoms with Gasteiger partial charge in [-0.25, -0.2) is 15.6 Å². The summed E-state index contributed by atoms with van der Waals surface area (Å²) in [5.74, 6) is 5.02. The molecule has 0 bridgehead atoms. The molecule has 1 aromatic carbocycles. The van der Waals surface area contributed by atoms with Gasteiger partial charge in [0.05, 0.1) is 6.20 Å². The van der Waals surface area contributed by atoms with Gasteiger partial charge >= 0.3 is 12.2 Å². The molecule has 1 aromatic heterocycles. The Morgan fingerprint density at radius 1 is 1.35 bits per heavy atom. The lowest BCUT2D eigenvalue weighted by Gasteiger charge is -2.10. The first-order valence-electron chi connectivity index (χ1n) is 6.39. The number of anilines is 1. The number of aryl methyl sites for hydroxylation is 1. The monoisotopic (exact) mass is 342 g/mol. The second kappa shape index (κ2) is 6.80. The van der Waals surface area contributed by atoms with Gasteiger partial charge in [0.25, 0.3) is 0 Å². The Hall–Kier alpha value is -2.39. The molecule has 0 spiro atoms. The number of nitrogens with zero attached hydrogens (tertiary/aromatic N) is 1. The van der Waals surface area contributed by atoms with E-state index in [-0.39, 0.29) is 5.01 Å². The van der Waals surface area contributed by atoms with Gasteiger partial charge < -0.3 is 5.32 Å². The molecular weight excluding hydrogens is 329 g/mol. The number of alkyl halides is 3. The summed E-state index contributed by atoms with van der Waals surface area (Å²) in [4.78, 5) is 14.3. The van der Waals surface area contributed by atoms with Crippen molar-refractivity contribution < 1.29 is 18.0 Å². The lowest BCUT2D eigenvalue weighted by atomic mass is 10.1. The Morgan fingerprint density at radius 2 is 2.09 bits per heavy atom. The summed E-state index contributed by atoms with van der Waals surface area (Å²) in [6.07, 6.45) is -0.546. The SMILES string of the molecule is Cc1cccc(NC(=O)NN)c1/C=C/c1ncc(C(F)(F)F)s1. The average molecular weight is 342 g/mol. The predicted octanol–water partition coefficient (Wildman–Crippen LogP) is 3.64. The van der Waals surface area contributed by atoms with Gasteiger partial charge in [0.15, 0.2) is 0 Å². The zero-order valence-electron chi connectivity index (χ0n) is 11.9. The maximum absolute atomic E-state index is 12.6. The number of thiazole rings is 1. The van der Waals surface area contributed by atoms with Crippen molar-refractivity contribution in [2.45, 2.75) is 13.1 Å². The first-order valence-corrected chi connectivity index (χ1v) is 7.21. The van der Waals surface area contributed by atoms with Crippen LogP contribution in [0, 0.1) is 6.92 Å². The standard InChI is InChI=1S/C14H13F3N4OS/c1-8-3-2-4-10(20-13(22)21-18)9(8)5-6-12-19-7-11(23-12)14(15,16)17/h2-7H,18H2,1H3,(H2,20,21,22)/b6-5+. The fraction of sp³-hybridized carbons (Fsp3) is 0.143. The molecule has 0 aliphatic rings. The van der Waals surface area contributed by atoms with Crippen molar-refractivity contribution in [3.05, 3.63) is 45.4 Å². The quantitative estimate of drug-likeness (QED) is 0.453. The van der Waals surface area contributed by atoms with Crippen molar-refractivity contribution >= 4 is 35.2 Å². The van der Waals surface area contributed by atoms with Crippen LogP contribution in [0.4, 0.5) is 23.7 Å². The van der Waals surface area contributed by atoms with Crippen molar-refractivity contribution in [2.24, 2.45) is 5.84 Å². The Balaban J connectivity index is 2.28. The van der Waals surface area contributed by atoms with Crippen LogP contribution in [0.3, 0.4) is 0 Å². The molecule has 0 saturated heterocycles. The van der Waals surface area contributed by atoms with E-state index >= 15 is 0 Å². The summed E-state index contributed by atoms with van der Waals surface area (Å²) in [5, 5.41) is 2.76. The van der Waals surface area contributed by atoms with E-state index < -0.39 is 17.1 Å². The van der Waals surface area contributed by atoms with E-state index in [1.807, 2.05) is 18.4 Å². The Kier molecular flexibility index (Phi) is 5.02. The molecule has 0 aliphatic carbocycles. The predicted molar refractivity (Wildman–Crippen MR) is 83.6 cm³/mol. The topological polar surface area (TPSA) is 80.0 Å². The first-order chi connectivity index (χ1) is 10.8. The number of hydrogen-bond acceptors (Lipinski definition) is 4. The molecule has 4 N–H and O–H groups in total. The summed E-state index contributed by atoms with van der Waals surface area (Å²) in [5.41, 5.74) is 3.92. The third kappa shape index (κ3) is 4.30. The maximum Gasteiger partial charge on any atom is 0.427 e. The van der Waals surface area contributed by atoms with Gasteiger partial charge in [0, 0.05) is 11.3 Å². The van der Waals surface area contributed by atoms with E-state index in [1.165, 1.54) is 6.08 Å². The number of aromatic nitrogens is 1. The lowest BCUT2D eigenvalue weighted by molar-refractivity contribution is -0.134. The lowest BCUT2D eigenvalue weighted by Crippen LogP contribution is -2.34. The summed E-state index contributed by atoms with van der Waals surface area (Å²) in [6, 6.07) is 4.61. The van der Waals surface area contributed by atoms with Crippen LogP contribution in [0.25, 0.3) is 12.2 Å². The first kappa shape index (κ1) is 17.0. The smallest absolute Gasteiger partial charge is 0.306 e.